The van der Waals surface area contributed by atoms with Crippen LogP contribution in [-0.4, -0.2) is 29.4 Å². The van der Waals surface area contributed by atoms with Crippen LogP contribution in [0.15, 0.2) is 72.1 Å². The van der Waals surface area contributed by atoms with Gasteiger partial charge in [-0.1, -0.05) is 48.0 Å². The number of amides is 2. The van der Waals surface area contributed by atoms with Crippen LogP contribution in [0.25, 0.3) is 21.8 Å². The average molecular weight is 504 g/mol. The maximum absolute atomic E-state index is 13.1. The van der Waals surface area contributed by atoms with Crippen molar-refractivity contribution in [2.75, 3.05) is 16.8 Å². The highest BCUT2D eigenvalue weighted by Crippen LogP contribution is 2.38. The highest BCUT2D eigenvalue weighted by molar-refractivity contribution is 7.13. The molecular weight excluding hydrogens is 482 g/mol. The van der Waals surface area contributed by atoms with Crippen LogP contribution in [0.3, 0.4) is 0 Å². The van der Waals surface area contributed by atoms with Crippen molar-refractivity contribution >= 4 is 46.1 Å². The Morgan fingerprint density at radius 2 is 1.91 bits per heavy atom. The number of carbonyl (C=O) groups is 2. The van der Waals surface area contributed by atoms with Crippen molar-refractivity contribution in [3.63, 3.8) is 0 Å². The lowest BCUT2D eigenvalue weighted by Crippen LogP contribution is -2.49. The molecule has 0 spiro atoms. The highest BCUT2D eigenvalue weighted by Gasteiger charge is 2.33. The van der Waals surface area contributed by atoms with Crippen LogP contribution in [-0.2, 0) is 9.59 Å². The smallest absolute Gasteiger partial charge is 0.265 e. The summed E-state index contributed by atoms with van der Waals surface area (Å²) >= 11 is 7.75. The number of nitrogens with zero attached hydrogens (tertiary/aromatic N) is 2. The van der Waals surface area contributed by atoms with Crippen molar-refractivity contribution in [2.45, 2.75) is 19.9 Å². The monoisotopic (exact) mass is 503 g/mol. The van der Waals surface area contributed by atoms with Gasteiger partial charge in [-0.15, -0.1) is 11.3 Å². The van der Waals surface area contributed by atoms with Crippen molar-refractivity contribution in [2.24, 2.45) is 0 Å². The van der Waals surface area contributed by atoms with Gasteiger partial charge < -0.3 is 10.1 Å². The number of ether oxygens (including phenoxy) is 1. The number of fused-ring (bicyclic) bond motifs is 1. The number of anilines is 2. The lowest BCUT2D eigenvalue weighted by molar-refractivity contribution is -0.125. The van der Waals surface area contributed by atoms with Crippen LogP contribution in [0.5, 0.6) is 5.75 Å². The van der Waals surface area contributed by atoms with E-state index in [1.165, 1.54) is 4.90 Å². The molecule has 35 heavy (non-hydrogen) atoms. The number of benzene rings is 3. The van der Waals surface area contributed by atoms with Crippen LogP contribution in [0.1, 0.15) is 12.5 Å². The fourth-order valence-electron chi connectivity index (χ4n) is 3.91. The van der Waals surface area contributed by atoms with Gasteiger partial charge in [-0.2, -0.15) is 0 Å². The topological polar surface area (TPSA) is 71.5 Å². The van der Waals surface area contributed by atoms with Gasteiger partial charge in [-0.3, -0.25) is 14.5 Å². The van der Waals surface area contributed by atoms with Crippen molar-refractivity contribution in [3.05, 3.63) is 82.7 Å². The molecule has 0 saturated heterocycles. The first-order chi connectivity index (χ1) is 16.9. The minimum Gasteiger partial charge on any atom is -0.482 e. The molecule has 1 N–H and O–H groups in total. The number of carbonyl (C=O) groups excluding carboxylic acids is 2. The molecule has 0 radical (unpaired) electrons. The Kier molecular flexibility index (Phi) is 6.28. The molecular formula is C27H22ClN3O3S. The van der Waals surface area contributed by atoms with E-state index in [2.05, 4.69) is 5.32 Å². The van der Waals surface area contributed by atoms with E-state index < -0.39 is 6.04 Å². The zero-order valence-electron chi connectivity index (χ0n) is 19.1. The quantitative estimate of drug-likeness (QED) is 0.352. The van der Waals surface area contributed by atoms with Crippen LogP contribution in [0.4, 0.5) is 11.4 Å². The Labute approximate surface area is 212 Å². The van der Waals surface area contributed by atoms with Crippen molar-refractivity contribution in [1.29, 1.82) is 0 Å². The number of hydrogen-bond donors (Lipinski definition) is 1. The van der Waals surface area contributed by atoms with Crippen LogP contribution < -0.4 is 15.0 Å². The third-order valence-corrected chi connectivity index (χ3v) is 7.16. The number of halogens is 1. The fourth-order valence-corrected chi connectivity index (χ4v) is 4.93. The number of nitrogens with one attached hydrogen (secondary N) is 1. The summed E-state index contributed by atoms with van der Waals surface area (Å²) in [5.74, 6) is -0.0658. The average Bonchev–Trinajstić information content (AvgIpc) is 3.36. The van der Waals surface area contributed by atoms with Crippen LogP contribution in [0.2, 0.25) is 5.02 Å². The molecule has 8 heteroatoms. The van der Waals surface area contributed by atoms with Gasteiger partial charge in [0.2, 0.25) is 5.91 Å². The summed E-state index contributed by atoms with van der Waals surface area (Å²) in [6.45, 7) is 3.46. The molecule has 3 aromatic carbocycles. The molecule has 0 aliphatic carbocycles. The van der Waals surface area contributed by atoms with E-state index in [-0.39, 0.29) is 18.4 Å². The zero-order chi connectivity index (χ0) is 24.5. The predicted molar refractivity (Wildman–Crippen MR) is 140 cm³/mol. The van der Waals surface area contributed by atoms with Crippen molar-refractivity contribution in [3.8, 4) is 27.6 Å². The van der Waals surface area contributed by atoms with Gasteiger partial charge in [-0.25, -0.2) is 4.98 Å². The molecule has 0 saturated carbocycles. The molecule has 176 valence electrons. The Morgan fingerprint density at radius 1 is 1.11 bits per heavy atom. The number of hydrogen-bond acceptors (Lipinski definition) is 5. The Hall–Kier alpha value is -3.68. The first-order valence-corrected chi connectivity index (χ1v) is 12.3. The number of aryl methyl sites for hydroxylation is 1. The Bertz CT molecular complexity index is 1420. The third-order valence-electron chi connectivity index (χ3n) is 5.87. The first kappa shape index (κ1) is 23.1. The molecule has 1 unspecified atom stereocenters. The largest absolute Gasteiger partial charge is 0.482 e. The first-order valence-electron chi connectivity index (χ1n) is 11.1. The van der Waals surface area contributed by atoms with E-state index in [1.807, 2.05) is 66.9 Å². The maximum Gasteiger partial charge on any atom is 0.265 e. The van der Waals surface area contributed by atoms with Gasteiger partial charge in [0.25, 0.3) is 5.91 Å². The highest BCUT2D eigenvalue weighted by atomic mass is 35.5. The minimum atomic E-state index is -0.768. The molecule has 2 amide bonds. The predicted octanol–water partition coefficient (Wildman–Crippen LogP) is 6.19. The molecule has 4 aromatic rings. The minimum absolute atomic E-state index is 0.130. The van der Waals surface area contributed by atoms with E-state index in [9.17, 15) is 9.59 Å². The van der Waals surface area contributed by atoms with Gasteiger partial charge in [-0.05, 0) is 49.7 Å². The third kappa shape index (κ3) is 4.65. The maximum atomic E-state index is 13.1. The molecule has 0 bridgehead atoms. The lowest BCUT2D eigenvalue weighted by atomic mass is 10.1. The Morgan fingerprint density at radius 3 is 2.69 bits per heavy atom. The number of rotatable bonds is 5. The second-order valence-corrected chi connectivity index (χ2v) is 9.53. The van der Waals surface area contributed by atoms with E-state index in [0.29, 0.717) is 22.1 Å². The summed E-state index contributed by atoms with van der Waals surface area (Å²) in [6, 6.07) is 20.1. The number of thiazole rings is 1. The summed E-state index contributed by atoms with van der Waals surface area (Å²) in [5.41, 5.74) is 4.70. The normalized spacial score (nSPS) is 13.7. The summed E-state index contributed by atoms with van der Waals surface area (Å²) in [6.07, 6.45) is 0. The molecule has 1 aromatic heterocycles. The van der Waals surface area contributed by atoms with E-state index in [1.54, 1.807) is 30.4 Å². The van der Waals surface area contributed by atoms with Gasteiger partial charge >= 0.3 is 0 Å². The molecule has 1 aliphatic rings. The molecule has 1 atom stereocenters. The van der Waals surface area contributed by atoms with Crippen LogP contribution >= 0.6 is 22.9 Å². The van der Waals surface area contributed by atoms with Crippen LogP contribution in [0, 0.1) is 6.92 Å². The zero-order valence-corrected chi connectivity index (χ0v) is 20.7. The fraction of sp³-hybridized carbons (Fsp3) is 0.148. The molecule has 6 nitrogen and oxygen atoms in total. The van der Waals surface area contributed by atoms with Gasteiger partial charge in [0, 0.05) is 27.2 Å². The molecule has 1 aliphatic heterocycles. The molecule has 0 fully saturated rings. The second kappa shape index (κ2) is 9.52. The summed E-state index contributed by atoms with van der Waals surface area (Å²) in [5, 5.41) is 6.31. The summed E-state index contributed by atoms with van der Waals surface area (Å²) in [4.78, 5) is 32.2. The van der Waals surface area contributed by atoms with Gasteiger partial charge in [0.15, 0.2) is 6.61 Å². The standard InChI is InChI=1S/C27H22ClN3O3S/c1-16-8-10-20(13-21(16)28)29-26(33)17(2)31-23-12-19(9-11-24(23)34-14-25(31)32)22-15-35-27(30-22)18-6-4-3-5-7-18/h3-13,15,17H,14H2,1-2H3,(H,29,33). The van der Waals surface area contributed by atoms with Gasteiger partial charge in [0.05, 0.1) is 11.4 Å². The van der Waals surface area contributed by atoms with E-state index in [4.69, 9.17) is 21.3 Å². The molecule has 5 rings (SSSR count). The Balaban J connectivity index is 1.43. The second-order valence-electron chi connectivity index (χ2n) is 8.27. The van der Waals surface area contributed by atoms with E-state index >= 15 is 0 Å². The van der Waals surface area contributed by atoms with E-state index in [0.717, 1.165) is 27.4 Å². The van der Waals surface area contributed by atoms with Crippen molar-refractivity contribution in [1.82, 2.24) is 4.98 Å². The molecule has 2 heterocycles. The van der Waals surface area contributed by atoms with Crippen molar-refractivity contribution < 1.29 is 14.3 Å². The number of aromatic nitrogens is 1. The van der Waals surface area contributed by atoms with Gasteiger partial charge in [0.1, 0.15) is 16.8 Å². The summed E-state index contributed by atoms with van der Waals surface area (Å²) in [7, 11) is 0. The summed E-state index contributed by atoms with van der Waals surface area (Å²) < 4.78 is 5.65. The lowest BCUT2D eigenvalue weighted by Gasteiger charge is -2.33. The SMILES string of the molecule is Cc1ccc(NC(=O)C(C)N2C(=O)COc3ccc(-c4csc(-c5ccccc5)n4)cc32)cc1Cl.